The highest BCUT2D eigenvalue weighted by Gasteiger charge is 2.17. The van der Waals surface area contributed by atoms with Crippen molar-refractivity contribution in [1.29, 1.82) is 0 Å². The second-order valence-electron chi connectivity index (χ2n) is 4.50. The fourth-order valence-corrected chi connectivity index (χ4v) is 2.28. The second-order valence-corrected chi connectivity index (χ2v) is 4.80. The van der Waals surface area contributed by atoms with E-state index in [9.17, 15) is 10.2 Å². The van der Waals surface area contributed by atoms with Gasteiger partial charge in [0.15, 0.2) is 0 Å². The molecule has 1 aromatic rings. The number of hydrogen-bond donors (Lipinski definition) is 3. The minimum absolute atomic E-state index is 0.0285. The summed E-state index contributed by atoms with van der Waals surface area (Å²) in [6.45, 7) is 3.98. The summed E-state index contributed by atoms with van der Waals surface area (Å²) < 4.78 is 0. The number of nitrogens with one attached hydrogen (secondary N) is 1. The van der Waals surface area contributed by atoms with Crippen molar-refractivity contribution in [2.24, 2.45) is 0 Å². The van der Waals surface area contributed by atoms with E-state index in [1.807, 2.05) is 24.3 Å². The predicted molar refractivity (Wildman–Crippen MR) is 73.2 cm³/mol. The first-order chi connectivity index (χ1) is 8.72. The molecule has 1 heterocycles. The molecule has 18 heavy (non-hydrogen) atoms. The molecule has 100 valence electrons. The Morgan fingerprint density at radius 3 is 2.33 bits per heavy atom. The van der Waals surface area contributed by atoms with Gasteiger partial charge in [-0.3, -0.25) is 0 Å². The third-order valence-electron chi connectivity index (χ3n) is 3.24. The largest absolute Gasteiger partial charge is 0.389 e. The van der Waals surface area contributed by atoms with Gasteiger partial charge in [-0.2, -0.15) is 0 Å². The van der Waals surface area contributed by atoms with Crippen LogP contribution in [0.4, 0.5) is 5.69 Å². The van der Waals surface area contributed by atoms with Crippen molar-refractivity contribution < 1.29 is 10.2 Å². The van der Waals surface area contributed by atoms with Gasteiger partial charge >= 0.3 is 0 Å². The van der Waals surface area contributed by atoms with Crippen LogP contribution >= 0.6 is 11.6 Å². The molecule has 0 radical (unpaired) electrons. The Balaban J connectivity index is 2.04. The zero-order chi connectivity index (χ0) is 13.0. The highest BCUT2D eigenvalue weighted by atomic mass is 35.5. The summed E-state index contributed by atoms with van der Waals surface area (Å²) in [5.74, 6) is 0.0285. The van der Waals surface area contributed by atoms with Gasteiger partial charge in [-0.25, -0.2) is 0 Å². The summed E-state index contributed by atoms with van der Waals surface area (Å²) in [6, 6.07) is 7.64. The lowest BCUT2D eigenvalue weighted by Crippen LogP contribution is -2.43. The van der Waals surface area contributed by atoms with Gasteiger partial charge in [0.05, 0.1) is 12.0 Å². The van der Waals surface area contributed by atoms with Gasteiger partial charge in [0, 0.05) is 31.9 Å². The average molecular weight is 271 g/mol. The lowest BCUT2D eigenvalue weighted by Gasteiger charge is -2.29. The zero-order valence-corrected chi connectivity index (χ0v) is 11.0. The summed E-state index contributed by atoms with van der Waals surface area (Å²) >= 11 is 5.52. The van der Waals surface area contributed by atoms with Crippen molar-refractivity contribution in [3.05, 3.63) is 29.8 Å². The Bertz CT molecular complexity index is 345. The van der Waals surface area contributed by atoms with Crippen molar-refractivity contribution in [1.82, 2.24) is 5.32 Å². The zero-order valence-electron chi connectivity index (χ0n) is 10.2. The highest BCUT2D eigenvalue weighted by molar-refractivity contribution is 6.18. The molecule has 0 spiro atoms. The smallest absolute Gasteiger partial charge is 0.106 e. The number of aliphatic hydroxyl groups excluding tert-OH is 2. The molecular formula is C13H19ClN2O2. The number of nitrogens with zero attached hydrogens (tertiary/aromatic N) is 1. The summed E-state index contributed by atoms with van der Waals surface area (Å²) in [5.41, 5.74) is 1.84. The molecule has 1 aliphatic rings. The molecule has 0 aliphatic carbocycles. The van der Waals surface area contributed by atoms with Crippen LogP contribution in [0.2, 0.25) is 0 Å². The van der Waals surface area contributed by atoms with Crippen LogP contribution in [0.3, 0.4) is 0 Å². The minimum Gasteiger partial charge on any atom is -0.389 e. The molecule has 1 aromatic carbocycles. The van der Waals surface area contributed by atoms with Gasteiger partial charge in [-0.05, 0) is 17.7 Å². The van der Waals surface area contributed by atoms with E-state index in [2.05, 4.69) is 10.2 Å². The Hall–Kier alpha value is -0.810. The van der Waals surface area contributed by atoms with Crippen molar-refractivity contribution in [3.8, 4) is 0 Å². The van der Waals surface area contributed by atoms with E-state index in [1.54, 1.807) is 0 Å². The van der Waals surface area contributed by atoms with Gasteiger partial charge in [-0.1, -0.05) is 12.1 Å². The molecule has 0 amide bonds. The fraction of sp³-hybridized carbons (Fsp3) is 0.538. The first-order valence-corrected chi connectivity index (χ1v) is 6.73. The lowest BCUT2D eigenvalue weighted by atomic mass is 10.0. The van der Waals surface area contributed by atoms with Crippen LogP contribution < -0.4 is 10.2 Å². The second kappa shape index (κ2) is 6.38. The predicted octanol–water partition coefficient (Wildman–Crippen LogP) is 0.729. The van der Waals surface area contributed by atoms with Crippen LogP contribution in [-0.2, 0) is 0 Å². The van der Waals surface area contributed by atoms with E-state index in [0.717, 1.165) is 31.9 Å². The molecule has 1 saturated heterocycles. The SMILES string of the molecule is OC(CCl)C(O)c1ccc(N2CCNCC2)cc1. The quantitative estimate of drug-likeness (QED) is 0.706. The highest BCUT2D eigenvalue weighted by Crippen LogP contribution is 2.22. The van der Waals surface area contributed by atoms with Crippen molar-refractivity contribution in [3.63, 3.8) is 0 Å². The van der Waals surface area contributed by atoms with Crippen molar-refractivity contribution in [2.75, 3.05) is 37.0 Å². The Labute approximate surface area is 112 Å². The Kier molecular flexibility index (Phi) is 4.83. The molecule has 3 N–H and O–H groups in total. The third-order valence-corrected chi connectivity index (χ3v) is 3.56. The van der Waals surface area contributed by atoms with E-state index in [1.165, 1.54) is 0 Å². The Morgan fingerprint density at radius 2 is 1.78 bits per heavy atom. The van der Waals surface area contributed by atoms with Crippen LogP contribution in [0.25, 0.3) is 0 Å². The fourth-order valence-electron chi connectivity index (χ4n) is 2.11. The average Bonchev–Trinajstić information content (AvgIpc) is 2.47. The van der Waals surface area contributed by atoms with Gasteiger partial charge in [0.25, 0.3) is 0 Å². The van der Waals surface area contributed by atoms with E-state index >= 15 is 0 Å². The van der Waals surface area contributed by atoms with Crippen LogP contribution in [0, 0.1) is 0 Å². The molecular weight excluding hydrogens is 252 g/mol. The monoisotopic (exact) mass is 270 g/mol. The minimum atomic E-state index is -0.920. The molecule has 0 saturated carbocycles. The van der Waals surface area contributed by atoms with Gasteiger partial charge in [-0.15, -0.1) is 11.6 Å². The molecule has 1 fully saturated rings. The number of hydrogen-bond acceptors (Lipinski definition) is 4. The Morgan fingerprint density at radius 1 is 1.17 bits per heavy atom. The maximum atomic E-state index is 9.83. The van der Waals surface area contributed by atoms with E-state index in [-0.39, 0.29) is 5.88 Å². The topological polar surface area (TPSA) is 55.7 Å². The van der Waals surface area contributed by atoms with Crippen LogP contribution in [0.5, 0.6) is 0 Å². The van der Waals surface area contributed by atoms with E-state index < -0.39 is 12.2 Å². The first kappa shape index (κ1) is 13.6. The molecule has 2 rings (SSSR count). The van der Waals surface area contributed by atoms with Crippen molar-refractivity contribution in [2.45, 2.75) is 12.2 Å². The maximum absolute atomic E-state index is 9.83. The van der Waals surface area contributed by atoms with Crippen LogP contribution in [-0.4, -0.2) is 48.4 Å². The normalized spacial score (nSPS) is 19.6. The van der Waals surface area contributed by atoms with Gasteiger partial charge in [0.2, 0.25) is 0 Å². The number of rotatable bonds is 4. The molecule has 1 aliphatic heterocycles. The van der Waals surface area contributed by atoms with Gasteiger partial charge in [0.1, 0.15) is 6.10 Å². The molecule has 5 heteroatoms. The maximum Gasteiger partial charge on any atom is 0.106 e. The molecule has 2 unspecified atom stereocenters. The number of halogens is 1. The standard InChI is InChI=1S/C13H19ClN2O2/c14-9-12(17)13(18)10-1-3-11(4-2-10)16-7-5-15-6-8-16/h1-4,12-13,15,17-18H,5-9H2. The summed E-state index contributed by atoms with van der Waals surface area (Å²) in [5, 5.41) is 22.6. The van der Waals surface area contributed by atoms with Crippen LogP contribution in [0.15, 0.2) is 24.3 Å². The van der Waals surface area contributed by atoms with Gasteiger partial charge < -0.3 is 20.4 Å². The van der Waals surface area contributed by atoms with E-state index in [4.69, 9.17) is 11.6 Å². The summed E-state index contributed by atoms with van der Waals surface area (Å²) in [7, 11) is 0. The number of anilines is 1. The van der Waals surface area contributed by atoms with Crippen LogP contribution in [0.1, 0.15) is 11.7 Å². The summed E-state index contributed by atoms with van der Waals surface area (Å²) in [4.78, 5) is 2.30. The number of benzene rings is 1. The molecule has 4 nitrogen and oxygen atoms in total. The summed E-state index contributed by atoms with van der Waals surface area (Å²) in [6.07, 6.45) is -1.84. The third kappa shape index (κ3) is 3.14. The number of piperazine rings is 1. The number of aliphatic hydroxyl groups is 2. The molecule has 0 bridgehead atoms. The van der Waals surface area contributed by atoms with Crippen molar-refractivity contribution >= 4 is 17.3 Å². The van der Waals surface area contributed by atoms with E-state index in [0.29, 0.717) is 5.56 Å². The lowest BCUT2D eigenvalue weighted by molar-refractivity contribution is 0.0327. The number of alkyl halides is 1. The first-order valence-electron chi connectivity index (χ1n) is 6.20. The molecule has 2 atom stereocenters. The molecule has 0 aromatic heterocycles.